The topological polar surface area (TPSA) is 29.5 Å². The van der Waals surface area contributed by atoms with Crippen LogP contribution in [0.25, 0.3) is 0 Å². The molecule has 1 atom stereocenters. The van der Waals surface area contributed by atoms with Crippen LogP contribution in [0.4, 0.5) is 0 Å². The summed E-state index contributed by atoms with van der Waals surface area (Å²) < 4.78 is 5.61. The Bertz CT molecular complexity index is 99.1. The van der Waals surface area contributed by atoms with Crippen LogP contribution in [0.15, 0.2) is 0 Å². The predicted molar refractivity (Wildman–Crippen MR) is 45.3 cm³/mol. The van der Waals surface area contributed by atoms with E-state index in [1.807, 2.05) is 0 Å². The highest BCUT2D eigenvalue weighted by atomic mass is 28.1. The maximum atomic E-state index is 8.73. The van der Waals surface area contributed by atoms with E-state index in [4.69, 9.17) is 9.84 Å². The Kier molecular flexibility index (Phi) is 2.89. The molecule has 0 saturated carbocycles. The van der Waals surface area contributed by atoms with Gasteiger partial charge in [0.1, 0.15) is 0 Å². The van der Waals surface area contributed by atoms with Crippen LogP contribution >= 0.6 is 0 Å². The fourth-order valence-corrected chi connectivity index (χ4v) is 2.21. The average molecular weight is 161 g/mol. The summed E-state index contributed by atoms with van der Waals surface area (Å²) in [5.74, 6) is 0. The number of rotatable bonds is 2. The first-order valence-corrected chi connectivity index (χ1v) is 5.02. The van der Waals surface area contributed by atoms with Gasteiger partial charge < -0.3 is 9.84 Å². The van der Waals surface area contributed by atoms with E-state index in [1.54, 1.807) is 0 Å². The normalized spacial score (nSPS) is 34.5. The second-order valence-corrected chi connectivity index (χ2v) is 5.05. The van der Waals surface area contributed by atoms with Gasteiger partial charge >= 0.3 is 1.43 Å². The van der Waals surface area contributed by atoms with Gasteiger partial charge in [0.15, 0.2) is 0 Å². The molecule has 10 heavy (non-hydrogen) atoms. The Balaban J connectivity index is 0.000001000. The van der Waals surface area contributed by atoms with Gasteiger partial charge in [-0.05, 0) is 25.7 Å². The fourth-order valence-electron chi connectivity index (χ4n) is 1.43. The highest BCUT2D eigenvalue weighted by Crippen LogP contribution is 2.24. The minimum Gasteiger partial charge on any atom is -0.396 e. The van der Waals surface area contributed by atoms with E-state index in [1.165, 1.54) is 19.3 Å². The minimum atomic E-state index is 0. The zero-order valence-corrected chi connectivity index (χ0v) is 8.60. The third-order valence-corrected chi connectivity index (χ3v) is 3.48. The molecule has 1 heterocycles. The summed E-state index contributed by atoms with van der Waals surface area (Å²) in [6, 6.07) is 0. The molecule has 1 rings (SSSR count). The predicted octanol–water partition coefficient (Wildman–Crippen LogP) is -0.257. The molecule has 1 aliphatic heterocycles. The van der Waals surface area contributed by atoms with Crippen LogP contribution in [0.5, 0.6) is 0 Å². The van der Waals surface area contributed by atoms with E-state index < -0.39 is 0 Å². The molecule has 1 aliphatic rings. The monoisotopic (exact) mass is 161 g/mol. The van der Waals surface area contributed by atoms with Gasteiger partial charge in [0.05, 0.1) is 5.22 Å². The average Bonchev–Trinajstić information content (AvgIpc) is 1.89. The maximum Gasteiger partial charge on any atom is 1.00 e. The van der Waals surface area contributed by atoms with Gasteiger partial charge in [-0.2, -0.15) is 0 Å². The summed E-state index contributed by atoms with van der Waals surface area (Å²) in [5, 5.41) is 8.84. The molecule has 1 N–H and O–H groups in total. The standard InChI is InChI=1S/C7H16O2Si/c8-5-4-7(10)3-1-2-6-9-7/h8H,1-6H2,10H3/p+1. The number of hydrogen-bond donors (Lipinski definition) is 1. The van der Waals surface area contributed by atoms with E-state index in [0.29, 0.717) is 0 Å². The molecule has 0 bridgehead atoms. The number of hydrogen-bond acceptors (Lipinski definition) is 2. The van der Waals surface area contributed by atoms with E-state index in [2.05, 4.69) is 0 Å². The highest BCUT2D eigenvalue weighted by molar-refractivity contribution is 6.14. The number of ether oxygens (including phenoxy) is 1. The Morgan fingerprint density at radius 2 is 2.40 bits per heavy atom. The molecular weight excluding hydrogens is 144 g/mol. The Labute approximate surface area is 66.5 Å². The van der Waals surface area contributed by atoms with Gasteiger partial charge in [0, 0.05) is 23.5 Å². The van der Waals surface area contributed by atoms with Crippen LogP contribution in [-0.2, 0) is 4.74 Å². The molecule has 1 unspecified atom stereocenters. The van der Waals surface area contributed by atoms with Crippen LogP contribution in [-0.4, -0.2) is 33.8 Å². The summed E-state index contributed by atoms with van der Waals surface area (Å²) in [6.07, 6.45) is 4.50. The molecule has 0 aliphatic carbocycles. The van der Waals surface area contributed by atoms with Crippen LogP contribution < -0.4 is 0 Å². The van der Waals surface area contributed by atoms with Gasteiger partial charge in [-0.25, -0.2) is 0 Å². The zero-order chi connectivity index (χ0) is 7.45. The van der Waals surface area contributed by atoms with Crippen LogP contribution in [0.1, 0.15) is 27.1 Å². The SMILES string of the molecule is OCCC1([SiH3])CCCCO1.[H+]. The van der Waals surface area contributed by atoms with E-state index in [0.717, 1.165) is 23.3 Å². The molecule has 0 spiro atoms. The summed E-state index contributed by atoms with van der Waals surface area (Å²) in [4.78, 5) is 0. The lowest BCUT2D eigenvalue weighted by atomic mass is 10.1. The molecule has 0 aromatic heterocycles. The van der Waals surface area contributed by atoms with Gasteiger partial charge in [-0.15, -0.1) is 0 Å². The quantitative estimate of drug-likeness (QED) is 0.566. The molecule has 0 aromatic rings. The van der Waals surface area contributed by atoms with E-state index >= 15 is 0 Å². The lowest BCUT2D eigenvalue weighted by Crippen LogP contribution is -2.37. The summed E-state index contributed by atoms with van der Waals surface area (Å²) >= 11 is 0. The van der Waals surface area contributed by atoms with Crippen molar-refractivity contribution >= 4 is 10.2 Å². The molecule has 3 heteroatoms. The zero-order valence-electron chi connectivity index (χ0n) is 7.60. The van der Waals surface area contributed by atoms with Gasteiger partial charge in [-0.3, -0.25) is 0 Å². The lowest BCUT2D eigenvalue weighted by molar-refractivity contribution is -0.0307. The Morgan fingerprint density at radius 1 is 1.60 bits per heavy atom. The molecule has 60 valence electrons. The maximum absolute atomic E-state index is 8.73. The van der Waals surface area contributed by atoms with Crippen molar-refractivity contribution in [2.24, 2.45) is 0 Å². The third-order valence-electron chi connectivity index (χ3n) is 2.19. The highest BCUT2D eigenvalue weighted by Gasteiger charge is 2.26. The Hall–Kier alpha value is 0.137. The number of aliphatic hydroxyl groups excluding tert-OH is 1. The smallest absolute Gasteiger partial charge is 0.396 e. The summed E-state index contributed by atoms with van der Waals surface area (Å²) in [6.45, 7) is 1.19. The van der Waals surface area contributed by atoms with Crippen molar-refractivity contribution in [3.63, 3.8) is 0 Å². The van der Waals surface area contributed by atoms with E-state index in [-0.39, 0.29) is 13.3 Å². The van der Waals surface area contributed by atoms with Crippen molar-refractivity contribution in [1.29, 1.82) is 0 Å². The van der Waals surface area contributed by atoms with Gasteiger partial charge in [0.2, 0.25) is 0 Å². The molecule has 0 radical (unpaired) electrons. The Morgan fingerprint density at radius 3 is 2.90 bits per heavy atom. The van der Waals surface area contributed by atoms with Crippen LogP contribution in [0.2, 0.25) is 0 Å². The van der Waals surface area contributed by atoms with Crippen molar-refractivity contribution in [2.75, 3.05) is 13.2 Å². The molecule has 0 amide bonds. The van der Waals surface area contributed by atoms with Crippen molar-refractivity contribution in [3.8, 4) is 0 Å². The van der Waals surface area contributed by atoms with Gasteiger partial charge in [0.25, 0.3) is 0 Å². The first-order chi connectivity index (χ1) is 4.77. The molecule has 1 fully saturated rings. The number of aliphatic hydroxyl groups is 1. The first kappa shape index (κ1) is 8.24. The van der Waals surface area contributed by atoms with Crippen LogP contribution in [0, 0.1) is 0 Å². The summed E-state index contributed by atoms with van der Waals surface area (Å²) in [7, 11) is 1.06. The molecule has 0 aromatic carbocycles. The minimum absolute atomic E-state index is 0. The van der Waals surface area contributed by atoms with Crippen molar-refractivity contribution in [1.82, 2.24) is 0 Å². The second-order valence-electron chi connectivity index (χ2n) is 3.23. The molecule has 1 saturated heterocycles. The van der Waals surface area contributed by atoms with Crippen molar-refractivity contribution in [3.05, 3.63) is 0 Å². The van der Waals surface area contributed by atoms with Crippen LogP contribution in [0.3, 0.4) is 0 Å². The molecule has 2 nitrogen and oxygen atoms in total. The fraction of sp³-hybridized carbons (Fsp3) is 1.00. The second kappa shape index (κ2) is 3.51. The largest absolute Gasteiger partial charge is 1.00 e. The van der Waals surface area contributed by atoms with Gasteiger partial charge in [-0.1, -0.05) is 0 Å². The van der Waals surface area contributed by atoms with Crippen molar-refractivity contribution in [2.45, 2.75) is 30.9 Å². The summed E-state index contributed by atoms with van der Waals surface area (Å²) in [5.41, 5.74) is 0. The van der Waals surface area contributed by atoms with Crippen molar-refractivity contribution < 1.29 is 11.3 Å². The first-order valence-electron chi connectivity index (χ1n) is 4.02. The lowest BCUT2D eigenvalue weighted by Gasteiger charge is -2.33. The van der Waals surface area contributed by atoms with E-state index in [9.17, 15) is 0 Å². The third kappa shape index (κ3) is 2.07. The molecular formula is C7H17O2Si+.